The second kappa shape index (κ2) is 5.29. The number of carboxylic acids is 1. The van der Waals surface area contributed by atoms with E-state index in [0.717, 1.165) is 22.2 Å². The van der Waals surface area contributed by atoms with Crippen LogP contribution in [0.5, 0.6) is 0 Å². The van der Waals surface area contributed by atoms with Gasteiger partial charge in [0.2, 0.25) is 0 Å². The standard InChI is InChI=1S/C18H15NO2/c1-13(18(20)21)11-14-12-19(15-7-3-2-4-8-15)17-10-6-5-9-16(14)17/h2-12H,1H3,(H,20,21)/b13-11+. The molecule has 0 saturated carbocycles. The molecule has 21 heavy (non-hydrogen) atoms. The number of hydrogen-bond donors (Lipinski definition) is 1. The van der Waals surface area contributed by atoms with Crippen molar-refractivity contribution in [1.29, 1.82) is 0 Å². The maximum Gasteiger partial charge on any atom is 0.331 e. The third kappa shape index (κ3) is 2.46. The molecular weight excluding hydrogens is 262 g/mol. The summed E-state index contributed by atoms with van der Waals surface area (Å²) in [7, 11) is 0. The first-order valence-electron chi connectivity index (χ1n) is 6.74. The largest absolute Gasteiger partial charge is 0.478 e. The third-order valence-corrected chi connectivity index (χ3v) is 3.49. The molecule has 3 aromatic rings. The van der Waals surface area contributed by atoms with Crippen LogP contribution in [-0.2, 0) is 4.79 Å². The van der Waals surface area contributed by atoms with Crippen molar-refractivity contribution in [1.82, 2.24) is 4.57 Å². The Kier molecular flexibility index (Phi) is 3.32. The zero-order valence-corrected chi connectivity index (χ0v) is 11.7. The van der Waals surface area contributed by atoms with E-state index in [-0.39, 0.29) is 0 Å². The first-order chi connectivity index (χ1) is 10.2. The number of fused-ring (bicyclic) bond motifs is 1. The van der Waals surface area contributed by atoms with Gasteiger partial charge in [-0.25, -0.2) is 4.79 Å². The molecular formula is C18H15NO2. The summed E-state index contributed by atoms with van der Waals surface area (Å²) in [5.74, 6) is -0.897. The fourth-order valence-electron chi connectivity index (χ4n) is 2.42. The summed E-state index contributed by atoms with van der Waals surface area (Å²) in [6.45, 7) is 1.61. The molecule has 3 nitrogen and oxygen atoms in total. The summed E-state index contributed by atoms with van der Waals surface area (Å²) in [6.07, 6.45) is 3.69. The Bertz CT molecular complexity index is 829. The molecule has 0 unspecified atom stereocenters. The molecule has 0 atom stereocenters. The van der Waals surface area contributed by atoms with Gasteiger partial charge < -0.3 is 9.67 Å². The van der Waals surface area contributed by atoms with Gasteiger partial charge in [0.05, 0.1) is 5.52 Å². The van der Waals surface area contributed by atoms with Gasteiger partial charge in [-0.05, 0) is 31.2 Å². The van der Waals surface area contributed by atoms with Gasteiger partial charge >= 0.3 is 5.97 Å². The molecule has 0 aliphatic heterocycles. The summed E-state index contributed by atoms with van der Waals surface area (Å²) in [6, 6.07) is 18.0. The van der Waals surface area contributed by atoms with Gasteiger partial charge in [0.15, 0.2) is 0 Å². The highest BCUT2D eigenvalue weighted by Gasteiger charge is 2.09. The molecule has 3 rings (SSSR count). The van der Waals surface area contributed by atoms with Crippen LogP contribution in [0.3, 0.4) is 0 Å². The SMILES string of the molecule is C/C(=C\c1cn(-c2ccccc2)c2ccccc12)C(=O)O. The Hall–Kier alpha value is -2.81. The quantitative estimate of drug-likeness (QED) is 0.732. The molecule has 0 bridgehead atoms. The smallest absolute Gasteiger partial charge is 0.331 e. The Balaban J connectivity index is 2.24. The Morgan fingerprint density at radius 1 is 1.05 bits per heavy atom. The van der Waals surface area contributed by atoms with E-state index < -0.39 is 5.97 Å². The molecule has 1 heterocycles. The number of aliphatic carboxylic acids is 1. The van der Waals surface area contributed by atoms with Gasteiger partial charge in [-0.3, -0.25) is 0 Å². The zero-order chi connectivity index (χ0) is 14.8. The number of carbonyl (C=O) groups is 1. The summed E-state index contributed by atoms with van der Waals surface area (Å²) >= 11 is 0. The Morgan fingerprint density at radius 3 is 2.43 bits per heavy atom. The van der Waals surface area contributed by atoms with Crippen LogP contribution in [-0.4, -0.2) is 15.6 Å². The van der Waals surface area contributed by atoms with Crippen LogP contribution in [0.25, 0.3) is 22.7 Å². The van der Waals surface area contributed by atoms with E-state index in [1.54, 1.807) is 13.0 Å². The third-order valence-electron chi connectivity index (χ3n) is 3.49. The van der Waals surface area contributed by atoms with Gasteiger partial charge in [0, 0.05) is 28.4 Å². The van der Waals surface area contributed by atoms with Crippen LogP contribution < -0.4 is 0 Å². The topological polar surface area (TPSA) is 42.2 Å². The molecule has 0 amide bonds. The number of benzene rings is 2. The minimum absolute atomic E-state index is 0.325. The maximum absolute atomic E-state index is 11.0. The first kappa shape index (κ1) is 13.2. The highest BCUT2D eigenvalue weighted by Crippen LogP contribution is 2.26. The molecule has 0 radical (unpaired) electrons. The lowest BCUT2D eigenvalue weighted by Crippen LogP contribution is -1.95. The Morgan fingerprint density at radius 2 is 1.71 bits per heavy atom. The average Bonchev–Trinajstić information content (AvgIpc) is 2.87. The lowest BCUT2D eigenvalue weighted by atomic mass is 10.1. The molecule has 0 aliphatic carbocycles. The second-order valence-electron chi connectivity index (χ2n) is 4.94. The number of nitrogens with zero attached hydrogens (tertiary/aromatic N) is 1. The molecule has 3 heteroatoms. The number of para-hydroxylation sites is 2. The minimum Gasteiger partial charge on any atom is -0.478 e. The summed E-state index contributed by atoms with van der Waals surface area (Å²) in [5.41, 5.74) is 3.36. The molecule has 0 fully saturated rings. The van der Waals surface area contributed by atoms with Crippen LogP contribution in [0.15, 0.2) is 66.4 Å². The zero-order valence-electron chi connectivity index (χ0n) is 11.7. The van der Waals surface area contributed by atoms with Crippen LogP contribution in [0.4, 0.5) is 0 Å². The lowest BCUT2D eigenvalue weighted by Gasteiger charge is -2.04. The van der Waals surface area contributed by atoms with E-state index in [0.29, 0.717) is 5.57 Å². The van der Waals surface area contributed by atoms with Crippen molar-refractivity contribution < 1.29 is 9.90 Å². The van der Waals surface area contributed by atoms with E-state index in [1.165, 1.54) is 0 Å². The maximum atomic E-state index is 11.0. The number of hydrogen-bond acceptors (Lipinski definition) is 1. The van der Waals surface area contributed by atoms with Gasteiger partial charge in [-0.1, -0.05) is 36.4 Å². The molecule has 2 aromatic carbocycles. The van der Waals surface area contributed by atoms with Crippen molar-refractivity contribution in [2.45, 2.75) is 6.92 Å². The molecule has 1 aromatic heterocycles. The van der Waals surface area contributed by atoms with Crippen LogP contribution >= 0.6 is 0 Å². The highest BCUT2D eigenvalue weighted by molar-refractivity contribution is 5.97. The monoisotopic (exact) mass is 277 g/mol. The number of rotatable bonds is 3. The van der Waals surface area contributed by atoms with E-state index in [9.17, 15) is 4.79 Å². The first-order valence-corrected chi connectivity index (χ1v) is 6.74. The van der Waals surface area contributed by atoms with E-state index in [2.05, 4.69) is 4.57 Å². The van der Waals surface area contributed by atoms with Gasteiger partial charge in [-0.15, -0.1) is 0 Å². The van der Waals surface area contributed by atoms with Crippen LogP contribution in [0.2, 0.25) is 0 Å². The summed E-state index contributed by atoms with van der Waals surface area (Å²) in [4.78, 5) is 11.0. The summed E-state index contributed by atoms with van der Waals surface area (Å²) in [5, 5.41) is 10.1. The molecule has 104 valence electrons. The van der Waals surface area contributed by atoms with E-state index in [4.69, 9.17) is 5.11 Å². The van der Waals surface area contributed by atoms with Crippen molar-refractivity contribution in [3.05, 3.63) is 71.9 Å². The predicted octanol–water partition coefficient (Wildman–Crippen LogP) is 4.12. The average molecular weight is 277 g/mol. The van der Waals surface area contributed by atoms with E-state index >= 15 is 0 Å². The van der Waals surface area contributed by atoms with Crippen molar-refractivity contribution in [3.63, 3.8) is 0 Å². The molecule has 0 saturated heterocycles. The van der Waals surface area contributed by atoms with Gasteiger partial charge in [0.25, 0.3) is 0 Å². The fraction of sp³-hybridized carbons (Fsp3) is 0.0556. The highest BCUT2D eigenvalue weighted by atomic mass is 16.4. The summed E-state index contributed by atoms with van der Waals surface area (Å²) < 4.78 is 2.08. The van der Waals surface area contributed by atoms with Crippen molar-refractivity contribution in [2.75, 3.05) is 0 Å². The van der Waals surface area contributed by atoms with Gasteiger partial charge in [0.1, 0.15) is 0 Å². The van der Waals surface area contributed by atoms with Crippen molar-refractivity contribution in [2.24, 2.45) is 0 Å². The Labute approximate surface area is 122 Å². The number of carboxylic acid groups (broad SMARTS) is 1. The predicted molar refractivity (Wildman–Crippen MR) is 84.6 cm³/mol. The second-order valence-corrected chi connectivity index (χ2v) is 4.94. The van der Waals surface area contributed by atoms with Gasteiger partial charge in [-0.2, -0.15) is 0 Å². The number of aromatic nitrogens is 1. The lowest BCUT2D eigenvalue weighted by molar-refractivity contribution is -0.132. The normalized spacial score (nSPS) is 11.8. The fourth-order valence-corrected chi connectivity index (χ4v) is 2.42. The van der Waals surface area contributed by atoms with E-state index in [1.807, 2.05) is 60.8 Å². The van der Waals surface area contributed by atoms with Crippen LogP contribution in [0.1, 0.15) is 12.5 Å². The minimum atomic E-state index is -0.897. The molecule has 0 aliphatic rings. The van der Waals surface area contributed by atoms with Crippen molar-refractivity contribution in [3.8, 4) is 5.69 Å². The van der Waals surface area contributed by atoms with Crippen LogP contribution in [0, 0.1) is 0 Å². The molecule has 1 N–H and O–H groups in total. The van der Waals surface area contributed by atoms with Crippen molar-refractivity contribution >= 4 is 22.9 Å². The molecule has 0 spiro atoms.